The summed E-state index contributed by atoms with van der Waals surface area (Å²) in [5.41, 5.74) is 2.61. The molecule has 4 rings (SSSR count). The van der Waals surface area contributed by atoms with Crippen LogP contribution in [0.2, 0.25) is 0 Å². The third-order valence-corrected chi connectivity index (χ3v) is 6.01. The Morgan fingerprint density at radius 2 is 1.77 bits per heavy atom. The van der Waals surface area contributed by atoms with Crippen LogP contribution in [0.1, 0.15) is 16.1 Å². The van der Waals surface area contributed by atoms with Crippen molar-refractivity contribution >= 4 is 32.3 Å². The minimum atomic E-state index is -3.25. The number of hydrogen-bond donors (Lipinski definition) is 1. The summed E-state index contributed by atoms with van der Waals surface area (Å²) in [6.07, 6.45) is 1.18. The molecule has 0 aliphatic heterocycles. The first kappa shape index (κ1) is 20.6. The monoisotopic (exact) mass is 435 g/mol. The van der Waals surface area contributed by atoms with E-state index in [-0.39, 0.29) is 10.8 Å². The average molecular weight is 436 g/mol. The van der Waals surface area contributed by atoms with Crippen LogP contribution in [-0.2, 0) is 16.4 Å². The van der Waals surface area contributed by atoms with E-state index in [2.05, 4.69) is 10.4 Å². The first-order valence-electron chi connectivity index (χ1n) is 9.55. The van der Waals surface area contributed by atoms with Gasteiger partial charge in [0.25, 0.3) is 5.91 Å². The third-order valence-electron chi connectivity index (χ3n) is 4.88. The van der Waals surface area contributed by atoms with Crippen LogP contribution in [-0.4, -0.2) is 37.5 Å². The lowest BCUT2D eigenvalue weighted by Gasteiger charge is -2.06. The minimum Gasteiger partial charge on any atom is -0.497 e. The third kappa shape index (κ3) is 4.44. The first-order chi connectivity index (χ1) is 14.8. The van der Waals surface area contributed by atoms with Gasteiger partial charge in [0.05, 0.1) is 24.1 Å². The van der Waals surface area contributed by atoms with Crippen molar-refractivity contribution in [2.75, 3.05) is 18.7 Å². The van der Waals surface area contributed by atoms with Crippen molar-refractivity contribution in [2.24, 2.45) is 0 Å². The van der Waals surface area contributed by atoms with Gasteiger partial charge in [-0.2, -0.15) is 5.10 Å². The highest BCUT2D eigenvalue weighted by Crippen LogP contribution is 2.23. The van der Waals surface area contributed by atoms with Crippen molar-refractivity contribution in [2.45, 2.75) is 11.4 Å². The summed E-state index contributed by atoms with van der Waals surface area (Å²) in [5.74, 6) is 0.321. The number of nitrogens with zero attached hydrogens (tertiary/aromatic N) is 2. The van der Waals surface area contributed by atoms with Gasteiger partial charge in [0.1, 0.15) is 5.75 Å². The SMILES string of the molecule is COc1cccc(NC(=O)c2nn(Cc3ccc(S(C)(=O)=O)cc3)c3ccccc23)c1. The Hall–Kier alpha value is -3.65. The van der Waals surface area contributed by atoms with Crippen molar-refractivity contribution in [3.63, 3.8) is 0 Å². The molecule has 0 atom stereocenters. The number of rotatable bonds is 6. The van der Waals surface area contributed by atoms with Crippen LogP contribution >= 0.6 is 0 Å². The number of para-hydroxylation sites is 1. The zero-order valence-corrected chi connectivity index (χ0v) is 17.9. The van der Waals surface area contributed by atoms with Gasteiger partial charge >= 0.3 is 0 Å². The van der Waals surface area contributed by atoms with Gasteiger partial charge in [-0.3, -0.25) is 9.48 Å². The van der Waals surface area contributed by atoms with Crippen molar-refractivity contribution in [1.29, 1.82) is 0 Å². The Balaban J connectivity index is 1.65. The molecule has 4 aromatic rings. The number of sulfone groups is 1. The minimum absolute atomic E-state index is 0.264. The molecule has 0 unspecified atom stereocenters. The fourth-order valence-electron chi connectivity index (χ4n) is 3.32. The molecule has 1 amide bonds. The van der Waals surface area contributed by atoms with Gasteiger partial charge in [0.2, 0.25) is 0 Å². The second-order valence-corrected chi connectivity index (χ2v) is 9.14. The van der Waals surface area contributed by atoms with Crippen LogP contribution in [0.4, 0.5) is 5.69 Å². The quantitative estimate of drug-likeness (QED) is 0.498. The molecule has 8 heteroatoms. The van der Waals surface area contributed by atoms with Crippen molar-refractivity contribution in [1.82, 2.24) is 9.78 Å². The van der Waals surface area contributed by atoms with E-state index in [0.29, 0.717) is 23.7 Å². The van der Waals surface area contributed by atoms with E-state index in [1.807, 2.05) is 24.3 Å². The number of nitrogens with one attached hydrogen (secondary N) is 1. The number of carbonyl (C=O) groups is 1. The lowest BCUT2D eigenvalue weighted by Crippen LogP contribution is -2.14. The largest absolute Gasteiger partial charge is 0.497 e. The molecule has 0 radical (unpaired) electrons. The number of amides is 1. The maximum Gasteiger partial charge on any atom is 0.276 e. The zero-order chi connectivity index (χ0) is 22.0. The van der Waals surface area contributed by atoms with Crippen molar-refractivity contribution in [3.8, 4) is 5.75 Å². The number of benzene rings is 3. The van der Waals surface area contributed by atoms with E-state index in [1.165, 1.54) is 6.26 Å². The van der Waals surface area contributed by atoms with Gasteiger partial charge < -0.3 is 10.1 Å². The molecule has 0 aliphatic carbocycles. The zero-order valence-electron chi connectivity index (χ0n) is 17.1. The van der Waals surface area contributed by atoms with E-state index in [0.717, 1.165) is 16.5 Å². The topological polar surface area (TPSA) is 90.3 Å². The first-order valence-corrected chi connectivity index (χ1v) is 11.4. The number of methoxy groups -OCH3 is 1. The predicted molar refractivity (Wildman–Crippen MR) is 119 cm³/mol. The maximum atomic E-state index is 13.0. The lowest BCUT2D eigenvalue weighted by molar-refractivity contribution is 0.102. The maximum absolute atomic E-state index is 13.0. The molecule has 0 saturated heterocycles. The Morgan fingerprint density at radius 1 is 1.03 bits per heavy atom. The molecule has 1 aromatic heterocycles. The number of hydrogen-bond acceptors (Lipinski definition) is 5. The molecule has 3 aromatic carbocycles. The number of fused-ring (bicyclic) bond motifs is 1. The molecule has 0 fully saturated rings. The van der Waals surface area contributed by atoms with E-state index in [4.69, 9.17) is 4.74 Å². The molecular formula is C23H21N3O4S. The van der Waals surface area contributed by atoms with E-state index < -0.39 is 9.84 Å². The van der Waals surface area contributed by atoms with E-state index in [9.17, 15) is 13.2 Å². The van der Waals surface area contributed by atoms with Crippen LogP contribution in [0.5, 0.6) is 5.75 Å². The number of anilines is 1. The number of aromatic nitrogens is 2. The van der Waals surface area contributed by atoms with Crippen molar-refractivity contribution in [3.05, 3.63) is 84.1 Å². The van der Waals surface area contributed by atoms with E-state index in [1.54, 1.807) is 60.3 Å². The number of ether oxygens (including phenoxy) is 1. The normalized spacial score (nSPS) is 11.4. The second-order valence-electron chi connectivity index (χ2n) is 7.13. The summed E-state index contributed by atoms with van der Waals surface area (Å²) < 4.78 is 30.3. The van der Waals surface area contributed by atoms with Gasteiger partial charge in [0.15, 0.2) is 15.5 Å². The lowest BCUT2D eigenvalue weighted by atomic mass is 10.2. The van der Waals surface area contributed by atoms with Crippen LogP contribution in [0, 0.1) is 0 Å². The molecule has 1 heterocycles. The molecule has 7 nitrogen and oxygen atoms in total. The molecule has 0 bridgehead atoms. The van der Waals surface area contributed by atoms with Crippen LogP contribution < -0.4 is 10.1 Å². The summed E-state index contributed by atoms with van der Waals surface area (Å²) >= 11 is 0. The molecular weight excluding hydrogens is 414 g/mol. The fourth-order valence-corrected chi connectivity index (χ4v) is 3.95. The second kappa shape index (κ2) is 8.23. The summed E-state index contributed by atoms with van der Waals surface area (Å²) in [4.78, 5) is 13.2. The van der Waals surface area contributed by atoms with Gasteiger partial charge in [-0.15, -0.1) is 0 Å². The highest BCUT2D eigenvalue weighted by Gasteiger charge is 2.18. The van der Waals surface area contributed by atoms with Crippen molar-refractivity contribution < 1.29 is 17.9 Å². The van der Waals surface area contributed by atoms with Crippen LogP contribution in [0.15, 0.2) is 77.7 Å². The molecule has 31 heavy (non-hydrogen) atoms. The fraction of sp³-hybridized carbons (Fsp3) is 0.130. The highest BCUT2D eigenvalue weighted by molar-refractivity contribution is 7.90. The molecule has 158 valence electrons. The summed E-state index contributed by atoms with van der Waals surface area (Å²) in [6, 6.07) is 21.3. The predicted octanol–water partition coefficient (Wildman–Crippen LogP) is 3.75. The Morgan fingerprint density at radius 3 is 2.48 bits per heavy atom. The Bertz CT molecular complexity index is 1360. The standard InChI is InChI=1S/C23H21N3O4S/c1-30-18-7-5-6-17(14-18)24-23(27)22-20-8-3-4-9-21(20)26(25-22)15-16-10-12-19(13-11-16)31(2,28)29/h3-14H,15H2,1-2H3,(H,24,27). The summed E-state index contributed by atoms with van der Waals surface area (Å²) in [5, 5.41) is 8.15. The highest BCUT2D eigenvalue weighted by atomic mass is 32.2. The van der Waals surface area contributed by atoms with Crippen LogP contribution in [0.3, 0.4) is 0 Å². The molecule has 0 saturated carbocycles. The van der Waals surface area contributed by atoms with Gasteiger partial charge in [-0.1, -0.05) is 36.4 Å². The Labute approximate surface area is 180 Å². The molecule has 1 N–H and O–H groups in total. The summed E-state index contributed by atoms with van der Waals surface area (Å²) in [6.45, 7) is 0.400. The van der Waals surface area contributed by atoms with Gasteiger partial charge in [0, 0.05) is 23.4 Å². The average Bonchev–Trinajstić information content (AvgIpc) is 3.12. The van der Waals surface area contributed by atoms with Crippen LogP contribution in [0.25, 0.3) is 10.9 Å². The smallest absolute Gasteiger partial charge is 0.276 e. The summed E-state index contributed by atoms with van der Waals surface area (Å²) in [7, 11) is -1.69. The van der Waals surface area contributed by atoms with E-state index >= 15 is 0 Å². The Kier molecular flexibility index (Phi) is 5.48. The van der Waals surface area contributed by atoms with Gasteiger partial charge in [-0.25, -0.2) is 8.42 Å². The number of carbonyl (C=O) groups excluding carboxylic acids is 1. The van der Waals surface area contributed by atoms with Gasteiger partial charge in [-0.05, 0) is 35.9 Å². The molecule has 0 spiro atoms. The molecule has 0 aliphatic rings.